The van der Waals surface area contributed by atoms with Gasteiger partial charge in [0.15, 0.2) is 6.10 Å². The Hall–Kier alpha value is -2.96. The first-order valence-corrected chi connectivity index (χ1v) is 6.80. The van der Waals surface area contributed by atoms with E-state index in [0.29, 0.717) is 0 Å². The molecule has 1 atom stereocenters. The molecule has 1 heterocycles. The van der Waals surface area contributed by atoms with E-state index in [1.54, 1.807) is 0 Å². The van der Waals surface area contributed by atoms with E-state index >= 15 is 0 Å². The summed E-state index contributed by atoms with van der Waals surface area (Å²) >= 11 is 0. The van der Waals surface area contributed by atoms with Crippen molar-refractivity contribution < 1.29 is 28.7 Å². The molecule has 0 bridgehead atoms. The predicted octanol–water partition coefficient (Wildman–Crippen LogP) is 1.19. The fraction of sp³-hybridized carbons (Fsp3) is 0.250. The van der Waals surface area contributed by atoms with E-state index in [-0.39, 0.29) is 23.2 Å². The molecular formula is C16H15NO6. The Morgan fingerprint density at radius 2 is 1.91 bits per heavy atom. The Labute approximate surface area is 132 Å². The number of amides is 2. The molecule has 120 valence electrons. The summed E-state index contributed by atoms with van der Waals surface area (Å²) in [5.41, 5.74) is 0.410. The van der Waals surface area contributed by atoms with Gasteiger partial charge in [-0.1, -0.05) is 6.08 Å². The number of benzene rings is 1. The van der Waals surface area contributed by atoms with Crippen LogP contribution in [0.15, 0.2) is 30.9 Å². The van der Waals surface area contributed by atoms with Crippen molar-refractivity contribution in [3.8, 4) is 0 Å². The zero-order valence-electron chi connectivity index (χ0n) is 12.7. The molecule has 7 nitrogen and oxygen atoms in total. The number of carbonyl (C=O) groups excluding carboxylic acids is 4. The Morgan fingerprint density at radius 1 is 1.26 bits per heavy atom. The monoisotopic (exact) mass is 317 g/mol. The minimum atomic E-state index is -1.07. The van der Waals surface area contributed by atoms with Crippen LogP contribution in [-0.2, 0) is 14.3 Å². The van der Waals surface area contributed by atoms with Crippen molar-refractivity contribution in [2.75, 3.05) is 13.7 Å². The van der Waals surface area contributed by atoms with Gasteiger partial charge in [0, 0.05) is 6.54 Å². The van der Waals surface area contributed by atoms with Crippen molar-refractivity contribution >= 4 is 23.8 Å². The van der Waals surface area contributed by atoms with Crippen molar-refractivity contribution in [3.05, 3.63) is 47.5 Å². The molecule has 0 spiro atoms. The van der Waals surface area contributed by atoms with E-state index in [4.69, 9.17) is 4.74 Å². The van der Waals surface area contributed by atoms with Crippen LogP contribution < -0.4 is 0 Å². The zero-order chi connectivity index (χ0) is 17.1. The highest BCUT2D eigenvalue weighted by Gasteiger charge is 2.35. The number of fused-ring (bicyclic) bond motifs is 1. The van der Waals surface area contributed by atoms with Crippen LogP contribution in [0.4, 0.5) is 0 Å². The van der Waals surface area contributed by atoms with Crippen LogP contribution in [0.25, 0.3) is 0 Å². The van der Waals surface area contributed by atoms with E-state index in [0.717, 1.165) is 4.90 Å². The van der Waals surface area contributed by atoms with Gasteiger partial charge in [-0.2, -0.15) is 0 Å². The van der Waals surface area contributed by atoms with Crippen molar-refractivity contribution in [1.82, 2.24) is 4.90 Å². The quantitative estimate of drug-likeness (QED) is 0.460. The second-order valence-electron chi connectivity index (χ2n) is 4.84. The highest BCUT2D eigenvalue weighted by Crippen LogP contribution is 2.24. The summed E-state index contributed by atoms with van der Waals surface area (Å²) in [5.74, 6) is -2.41. The van der Waals surface area contributed by atoms with Crippen LogP contribution in [0.3, 0.4) is 0 Å². The van der Waals surface area contributed by atoms with E-state index < -0.39 is 29.9 Å². The van der Waals surface area contributed by atoms with Crippen LogP contribution in [0, 0.1) is 0 Å². The van der Waals surface area contributed by atoms with Gasteiger partial charge in [-0.05, 0) is 25.1 Å². The largest absolute Gasteiger partial charge is 0.466 e. The maximum Gasteiger partial charge on any atom is 0.346 e. The van der Waals surface area contributed by atoms with Crippen LogP contribution in [0.5, 0.6) is 0 Å². The molecule has 0 aliphatic carbocycles. The first-order chi connectivity index (χ1) is 10.9. The summed E-state index contributed by atoms with van der Waals surface area (Å²) in [6, 6.07) is 4.04. The molecule has 0 saturated heterocycles. The summed E-state index contributed by atoms with van der Waals surface area (Å²) in [4.78, 5) is 48.6. The minimum absolute atomic E-state index is 0.0705. The van der Waals surface area contributed by atoms with Crippen LogP contribution in [0.1, 0.15) is 38.0 Å². The van der Waals surface area contributed by atoms with Crippen LogP contribution >= 0.6 is 0 Å². The van der Waals surface area contributed by atoms with Crippen molar-refractivity contribution in [2.45, 2.75) is 13.0 Å². The summed E-state index contributed by atoms with van der Waals surface area (Å²) in [6.45, 7) is 4.96. The molecule has 0 fully saturated rings. The van der Waals surface area contributed by atoms with Gasteiger partial charge in [-0.15, -0.1) is 6.58 Å². The van der Waals surface area contributed by atoms with E-state index in [1.165, 1.54) is 38.3 Å². The van der Waals surface area contributed by atoms with Crippen LogP contribution in [0.2, 0.25) is 0 Å². The summed E-state index contributed by atoms with van der Waals surface area (Å²) < 4.78 is 9.41. The average Bonchev–Trinajstić information content (AvgIpc) is 2.78. The summed E-state index contributed by atoms with van der Waals surface area (Å²) in [5, 5.41) is 0. The fourth-order valence-electron chi connectivity index (χ4n) is 2.16. The number of ether oxygens (including phenoxy) is 2. The molecule has 0 saturated carbocycles. The second kappa shape index (κ2) is 6.43. The number of hydrogen-bond acceptors (Lipinski definition) is 6. The Balaban J connectivity index is 2.25. The maximum absolute atomic E-state index is 12.2. The maximum atomic E-state index is 12.2. The number of methoxy groups -OCH3 is 1. The molecule has 1 aromatic rings. The standard InChI is InChI=1S/C16H15NO6/c1-4-7-17-13(18)11-6-5-10(8-12(11)14(17)19)16(21)23-9(2)15(20)22-3/h4-6,8-9H,1,7H2,2-3H3/t9-/m1/s1. The molecule has 0 radical (unpaired) electrons. The van der Waals surface area contributed by atoms with Gasteiger partial charge in [0.05, 0.1) is 23.8 Å². The third-order valence-electron chi connectivity index (χ3n) is 3.33. The summed E-state index contributed by atoms with van der Waals surface area (Å²) in [7, 11) is 1.18. The minimum Gasteiger partial charge on any atom is -0.466 e. The highest BCUT2D eigenvalue weighted by molar-refractivity contribution is 6.22. The molecular weight excluding hydrogens is 302 g/mol. The van der Waals surface area contributed by atoms with Crippen molar-refractivity contribution in [2.24, 2.45) is 0 Å². The van der Waals surface area contributed by atoms with Gasteiger partial charge in [0.2, 0.25) is 0 Å². The van der Waals surface area contributed by atoms with Crippen LogP contribution in [-0.4, -0.2) is 48.4 Å². The molecule has 2 rings (SSSR count). The lowest BCUT2D eigenvalue weighted by atomic mass is 10.1. The van der Waals surface area contributed by atoms with Gasteiger partial charge in [0.1, 0.15) is 0 Å². The second-order valence-corrected chi connectivity index (χ2v) is 4.84. The predicted molar refractivity (Wildman–Crippen MR) is 78.9 cm³/mol. The number of hydrogen-bond donors (Lipinski definition) is 0. The SMILES string of the molecule is C=CCN1C(=O)c2ccc(C(=O)O[C@H](C)C(=O)OC)cc2C1=O. The number of carbonyl (C=O) groups is 4. The van der Waals surface area contributed by atoms with Crippen molar-refractivity contribution in [3.63, 3.8) is 0 Å². The molecule has 1 aromatic carbocycles. The smallest absolute Gasteiger partial charge is 0.346 e. The first kappa shape index (κ1) is 16.4. The van der Waals surface area contributed by atoms with E-state index in [2.05, 4.69) is 11.3 Å². The molecule has 2 amide bonds. The average molecular weight is 317 g/mol. The first-order valence-electron chi connectivity index (χ1n) is 6.80. The van der Waals surface area contributed by atoms with E-state index in [9.17, 15) is 19.2 Å². The highest BCUT2D eigenvalue weighted by atomic mass is 16.6. The van der Waals surface area contributed by atoms with Gasteiger partial charge >= 0.3 is 11.9 Å². The third-order valence-corrected chi connectivity index (χ3v) is 3.33. The normalized spacial score (nSPS) is 14.3. The van der Waals surface area contributed by atoms with E-state index in [1.807, 2.05) is 0 Å². The topological polar surface area (TPSA) is 90.0 Å². The zero-order valence-corrected chi connectivity index (χ0v) is 12.7. The lowest BCUT2D eigenvalue weighted by Gasteiger charge is -2.11. The summed E-state index contributed by atoms with van der Waals surface area (Å²) in [6.07, 6.45) is 0.366. The number of imide groups is 1. The number of esters is 2. The fourth-order valence-corrected chi connectivity index (χ4v) is 2.16. The Kier molecular flexibility index (Phi) is 4.59. The van der Waals surface area contributed by atoms with Gasteiger partial charge < -0.3 is 9.47 Å². The third kappa shape index (κ3) is 2.98. The molecule has 1 aliphatic rings. The Bertz CT molecular complexity index is 709. The molecule has 0 unspecified atom stereocenters. The Morgan fingerprint density at radius 3 is 2.52 bits per heavy atom. The van der Waals surface area contributed by atoms with Gasteiger partial charge in [0.25, 0.3) is 11.8 Å². The molecule has 23 heavy (non-hydrogen) atoms. The molecule has 0 aromatic heterocycles. The number of nitrogens with zero attached hydrogens (tertiary/aromatic N) is 1. The molecule has 1 aliphatic heterocycles. The molecule has 7 heteroatoms. The van der Waals surface area contributed by atoms with Gasteiger partial charge in [-0.25, -0.2) is 9.59 Å². The van der Waals surface area contributed by atoms with Gasteiger partial charge in [-0.3, -0.25) is 14.5 Å². The van der Waals surface area contributed by atoms with Crippen molar-refractivity contribution in [1.29, 1.82) is 0 Å². The molecule has 0 N–H and O–H groups in total. The number of rotatable bonds is 5. The lowest BCUT2D eigenvalue weighted by molar-refractivity contribution is -0.149. The lowest BCUT2D eigenvalue weighted by Crippen LogP contribution is -2.29.